The van der Waals surface area contributed by atoms with Crippen LogP contribution in [0.1, 0.15) is 43.5 Å². The Hall–Kier alpha value is -3.61. The van der Waals surface area contributed by atoms with Crippen molar-refractivity contribution in [3.63, 3.8) is 0 Å². The van der Waals surface area contributed by atoms with Gasteiger partial charge in [-0.2, -0.15) is 5.10 Å². The van der Waals surface area contributed by atoms with Gasteiger partial charge in [0.1, 0.15) is 17.6 Å². The average molecular weight is 418 g/mol. The Morgan fingerprint density at radius 1 is 1.23 bits per heavy atom. The maximum Gasteiger partial charge on any atom is 0.251 e. The van der Waals surface area contributed by atoms with Gasteiger partial charge in [-0.15, -0.1) is 0 Å². The minimum absolute atomic E-state index is 0.00341. The van der Waals surface area contributed by atoms with Crippen LogP contribution in [0.2, 0.25) is 0 Å². The number of methoxy groups -OCH3 is 1. The van der Waals surface area contributed by atoms with E-state index in [0.29, 0.717) is 17.4 Å². The molecular weight excluding hydrogens is 392 g/mol. The van der Waals surface area contributed by atoms with Gasteiger partial charge < -0.3 is 15.4 Å². The van der Waals surface area contributed by atoms with Crippen LogP contribution in [-0.2, 0) is 9.59 Å². The van der Waals surface area contributed by atoms with Crippen molar-refractivity contribution in [3.8, 4) is 16.9 Å². The highest BCUT2D eigenvalue weighted by molar-refractivity contribution is 6.04. The number of nitrogens with zero attached hydrogens (tertiary/aromatic N) is 2. The maximum absolute atomic E-state index is 12.6. The highest BCUT2D eigenvalue weighted by Crippen LogP contribution is 2.39. The van der Waals surface area contributed by atoms with Crippen LogP contribution in [0.4, 0.5) is 11.5 Å². The number of hydrogen-bond acceptors (Lipinski definition) is 4. The van der Waals surface area contributed by atoms with E-state index in [1.54, 1.807) is 11.8 Å². The quantitative estimate of drug-likeness (QED) is 0.617. The van der Waals surface area contributed by atoms with E-state index in [-0.39, 0.29) is 18.2 Å². The summed E-state index contributed by atoms with van der Waals surface area (Å²) in [6.45, 7) is 6.13. The molecule has 3 aromatic rings. The molecule has 0 saturated carbocycles. The Morgan fingerprint density at radius 2 is 1.97 bits per heavy atom. The predicted octanol–water partition coefficient (Wildman–Crippen LogP) is 4.51. The molecule has 160 valence electrons. The van der Waals surface area contributed by atoms with Gasteiger partial charge in [-0.3, -0.25) is 9.59 Å². The van der Waals surface area contributed by atoms with Crippen molar-refractivity contribution in [1.82, 2.24) is 9.78 Å². The summed E-state index contributed by atoms with van der Waals surface area (Å²) in [5.41, 5.74) is 4.42. The maximum atomic E-state index is 12.6. The molecule has 1 aliphatic heterocycles. The van der Waals surface area contributed by atoms with Gasteiger partial charge >= 0.3 is 0 Å². The van der Waals surface area contributed by atoms with E-state index in [9.17, 15) is 9.59 Å². The summed E-state index contributed by atoms with van der Waals surface area (Å²) >= 11 is 0. The van der Waals surface area contributed by atoms with Gasteiger partial charge in [0.25, 0.3) is 5.91 Å². The molecule has 1 atom stereocenters. The molecule has 7 nitrogen and oxygen atoms in total. The highest BCUT2D eigenvalue weighted by Gasteiger charge is 2.36. The SMILES string of the molecule is COc1cccc(-c2c(C)nn3c2NC(=O)C3CC(=O)Nc2ccc(C(C)C)cc2)c1. The molecule has 0 radical (unpaired) electrons. The molecule has 0 aliphatic carbocycles. The molecule has 2 aromatic carbocycles. The number of nitrogens with one attached hydrogen (secondary N) is 2. The van der Waals surface area contributed by atoms with Crippen molar-refractivity contribution in [1.29, 1.82) is 0 Å². The second-order valence-electron chi connectivity index (χ2n) is 8.02. The topological polar surface area (TPSA) is 85.2 Å². The molecule has 0 saturated heterocycles. The molecule has 1 aliphatic rings. The molecule has 0 spiro atoms. The number of benzene rings is 2. The lowest BCUT2D eigenvalue weighted by Crippen LogP contribution is -2.23. The van der Waals surface area contributed by atoms with Gasteiger partial charge in [0.2, 0.25) is 5.91 Å². The van der Waals surface area contributed by atoms with Gasteiger partial charge in [-0.1, -0.05) is 38.1 Å². The lowest BCUT2D eigenvalue weighted by atomic mass is 10.0. The fraction of sp³-hybridized carbons (Fsp3) is 0.292. The fourth-order valence-corrected chi connectivity index (χ4v) is 3.85. The van der Waals surface area contributed by atoms with Crippen LogP contribution in [0.25, 0.3) is 11.1 Å². The first-order valence-electron chi connectivity index (χ1n) is 10.3. The predicted molar refractivity (Wildman–Crippen MR) is 120 cm³/mol. The Morgan fingerprint density at radius 3 is 2.65 bits per heavy atom. The fourth-order valence-electron chi connectivity index (χ4n) is 3.85. The van der Waals surface area contributed by atoms with Crippen LogP contribution in [0, 0.1) is 6.92 Å². The number of aryl methyl sites for hydroxylation is 1. The van der Waals surface area contributed by atoms with E-state index in [0.717, 1.165) is 22.6 Å². The Bertz CT molecular complexity index is 1130. The number of rotatable bonds is 6. The number of hydrogen-bond donors (Lipinski definition) is 2. The van der Waals surface area contributed by atoms with Crippen molar-refractivity contribution in [2.45, 2.75) is 39.2 Å². The zero-order valence-corrected chi connectivity index (χ0v) is 18.1. The third kappa shape index (κ3) is 4.03. The molecule has 1 aromatic heterocycles. The van der Waals surface area contributed by atoms with Crippen LogP contribution in [0.3, 0.4) is 0 Å². The van der Waals surface area contributed by atoms with Crippen LogP contribution in [0.5, 0.6) is 5.75 Å². The van der Waals surface area contributed by atoms with Gasteiger partial charge in [0.05, 0.1) is 19.2 Å². The molecule has 0 bridgehead atoms. The van der Waals surface area contributed by atoms with Gasteiger partial charge in [0.15, 0.2) is 0 Å². The molecule has 2 N–H and O–H groups in total. The normalized spacial score (nSPS) is 15.0. The molecule has 31 heavy (non-hydrogen) atoms. The second kappa shape index (κ2) is 8.26. The van der Waals surface area contributed by atoms with Crippen molar-refractivity contribution in [3.05, 3.63) is 59.8 Å². The second-order valence-corrected chi connectivity index (χ2v) is 8.02. The number of ether oxygens (including phenoxy) is 1. The molecule has 2 amide bonds. The van der Waals surface area contributed by atoms with Crippen LogP contribution in [0.15, 0.2) is 48.5 Å². The van der Waals surface area contributed by atoms with E-state index in [1.165, 1.54) is 5.56 Å². The molecule has 4 rings (SSSR count). The largest absolute Gasteiger partial charge is 0.497 e. The average Bonchev–Trinajstić information content (AvgIpc) is 3.22. The summed E-state index contributed by atoms with van der Waals surface area (Å²) < 4.78 is 6.94. The zero-order valence-electron chi connectivity index (χ0n) is 18.1. The summed E-state index contributed by atoms with van der Waals surface area (Å²) in [6, 6.07) is 14.7. The number of fused-ring (bicyclic) bond motifs is 1. The number of carbonyl (C=O) groups is 2. The van der Waals surface area contributed by atoms with Gasteiger partial charge in [-0.25, -0.2) is 4.68 Å². The lowest BCUT2D eigenvalue weighted by molar-refractivity contribution is -0.123. The molecular formula is C24H26N4O3. The number of carbonyl (C=O) groups excluding carboxylic acids is 2. The van der Waals surface area contributed by atoms with E-state index >= 15 is 0 Å². The van der Waals surface area contributed by atoms with Crippen molar-refractivity contribution in [2.75, 3.05) is 17.7 Å². The number of amides is 2. The Kier molecular flexibility index (Phi) is 5.50. The van der Waals surface area contributed by atoms with Crippen LogP contribution >= 0.6 is 0 Å². The van der Waals surface area contributed by atoms with E-state index in [4.69, 9.17) is 4.74 Å². The monoisotopic (exact) mass is 418 g/mol. The van der Waals surface area contributed by atoms with E-state index in [2.05, 4.69) is 29.6 Å². The standard InChI is InChI=1S/C24H26N4O3/c1-14(2)16-8-10-18(11-9-16)25-21(29)13-20-24(30)26-23-22(15(3)27-28(20)23)17-6-5-7-19(12-17)31-4/h5-12,14,20H,13H2,1-4H3,(H,25,29)(H,26,30). The summed E-state index contributed by atoms with van der Waals surface area (Å²) in [4.78, 5) is 25.3. The zero-order chi connectivity index (χ0) is 22.1. The van der Waals surface area contributed by atoms with Crippen LogP contribution in [-0.4, -0.2) is 28.7 Å². The Labute approximate surface area is 181 Å². The minimum atomic E-state index is -0.692. The van der Waals surface area contributed by atoms with E-state index in [1.807, 2.05) is 55.5 Å². The molecule has 0 fully saturated rings. The summed E-state index contributed by atoms with van der Waals surface area (Å²) in [5.74, 6) is 1.28. The third-order valence-electron chi connectivity index (χ3n) is 5.52. The molecule has 7 heteroatoms. The van der Waals surface area contributed by atoms with E-state index < -0.39 is 6.04 Å². The number of anilines is 2. The third-order valence-corrected chi connectivity index (χ3v) is 5.52. The van der Waals surface area contributed by atoms with Gasteiger partial charge in [0, 0.05) is 11.3 Å². The molecule has 1 unspecified atom stereocenters. The minimum Gasteiger partial charge on any atom is -0.497 e. The highest BCUT2D eigenvalue weighted by atomic mass is 16.5. The molecule has 2 heterocycles. The summed E-state index contributed by atoms with van der Waals surface area (Å²) in [5, 5.41) is 10.3. The van der Waals surface area contributed by atoms with Crippen molar-refractivity contribution < 1.29 is 14.3 Å². The lowest BCUT2D eigenvalue weighted by Gasteiger charge is -2.11. The van der Waals surface area contributed by atoms with Crippen molar-refractivity contribution in [2.24, 2.45) is 0 Å². The van der Waals surface area contributed by atoms with Gasteiger partial charge in [-0.05, 0) is 48.2 Å². The van der Waals surface area contributed by atoms with Crippen LogP contribution < -0.4 is 15.4 Å². The first kappa shape index (κ1) is 20.7. The first-order chi connectivity index (χ1) is 14.9. The summed E-state index contributed by atoms with van der Waals surface area (Å²) in [7, 11) is 1.61. The van der Waals surface area contributed by atoms with Crippen molar-refractivity contribution >= 4 is 23.3 Å². The first-order valence-corrected chi connectivity index (χ1v) is 10.3. The number of aromatic nitrogens is 2. The smallest absolute Gasteiger partial charge is 0.251 e. The Balaban J connectivity index is 1.54. The summed E-state index contributed by atoms with van der Waals surface area (Å²) in [6.07, 6.45) is 0.00341.